The number of nitrogens with one attached hydrogen (secondary N) is 2. The van der Waals surface area contributed by atoms with Gasteiger partial charge in [0.1, 0.15) is 0 Å². The number of hydrogen-bond donors (Lipinski definition) is 2. The number of carbonyl (C=O) groups excluding carboxylic acids is 2. The summed E-state index contributed by atoms with van der Waals surface area (Å²) < 4.78 is 1.13. The zero-order valence-electron chi connectivity index (χ0n) is 15.4. The summed E-state index contributed by atoms with van der Waals surface area (Å²) in [6.45, 7) is 0.142. The molecule has 0 aliphatic rings. The molecule has 0 bridgehead atoms. The van der Waals surface area contributed by atoms with E-state index in [1.165, 1.54) is 0 Å². The SMILES string of the molecule is CN(C(=O)c1cccc(NC(=O)CNc2ccc(I)cc2)c1)c1ccccc1. The van der Waals surface area contributed by atoms with E-state index in [-0.39, 0.29) is 18.4 Å². The Morgan fingerprint density at radius 1 is 0.893 bits per heavy atom. The molecule has 3 aromatic carbocycles. The van der Waals surface area contributed by atoms with Crippen LogP contribution in [0.15, 0.2) is 78.9 Å². The van der Waals surface area contributed by atoms with E-state index in [0.29, 0.717) is 11.3 Å². The van der Waals surface area contributed by atoms with E-state index in [9.17, 15) is 9.59 Å². The van der Waals surface area contributed by atoms with Crippen LogP contribution in [-0.2, 0) is 4.79 Å². The summed E-state index contributed by atoms with van der Waals surface area (Å²) in [5.74, 6) is -0.320. The molecule has 0 atom stereocenters. The molecule has 0 fully saturated rings. The van der Waals surface area contributed by atoms with Crippen LogP contribution in [-0.4, -0.2) is 25.4 Å². The molecule has 2 amide bonds. The van der Waals surface area contributed by atoms with Crippen molar-refractivity contribution in [2.75, 3.05) is 29.1 Å². The maximum absolute atomic E-state index is 12.7. The van der Waals surface area contributed by atoms with Gasteiger partial charge in [0.15, 0.2) is 0 Å². The molecule has 2 N–H and O–H groups in total. The summed E-state index contributed by atoms with van der Waals surface area (Å²) in [4.78, 5) is 26.5. The van der Waals surface area contributed by atoms with Crippen molar-refractivity contribution < 1.29 is 9.59 Å². The van der Waals surface area contributed by atoms with Gasteiger partial charge in [-0.2, -0.15) is 0 Å². The zero-order valence-corrected chi connectivity index (χ0v) is 17.5. The minimum absolute atomic E-state index is 0.140. The zero-order chi connectivity index (χ0) is 19.9. The third-order valence-corrected chi connectivity index (χ3v) is 4.86. The van der Waals surface area contributed by atoms with Crippen molar-refractivity contribution in [1.82, 2.24) is 0 Å². The molecule has 6 heteroatoms. The minimum atomic E-state index is -0.181. The Morgan fingerprint density at radius 3 is 2.32 bits per heavy atom. The normalized spacial score (nSPS) is 10.2. The molecule has 0 aliphatic heterocycles. The number of anilines is 3. The third kappa shape index (κ3) is 5.32. The molecule has 0 spiro atoms. The number of hydrogen-bond acceptors (Lipinski definition) is 3. The number of rotatable bonds is 6. The van der Waals surface area contributed by atoms with Crippen molar-refractivity contribution in [1.29, 1.82) is 0 Å². The van der Waals surface area contributed by atoms with Gasteiger partial charge in [0, 0.05) is 33.2 Å². The number of carbonyl (C=O) groups is 2. The summed E-state index contributed by atoms with van der Waals surface area (Å²) in [6, 6.07) is 24.2. The van der Waals surface area contributed by atoms with Gasteiger partial charge < -0.3 is 15.5 Å². The fourth-order valence-corrected chi connectivity index (χ4v) is 3.01. The van der Waals surface area contributed by atoms with Gasteiger partial charge in [-0.25, -0.2) is 0 Å². The third-order valence-electron chi connectivity index (χ3n) is 4.14. The molecule has 3 aromatic rings. The van der Waals surface area contributed by atoms with Gasteiger partial charge in [0.25, 0.3) is 5.91 Å². The molecule has 0 aliphatic carbocycles. The minimum Gasteiger partial charge on any atom is -0.376 e. The largest absolute Gasteiger partial charge is 0.376 e. The Kier molecular flexibility index (Phi) is 6.65. The molecule has 0 unspecified atom stereocenters. The molecule has 5 nitrogen and oxygen atoms in total. The second-order valence-electron chi connectivity index (χ2n) is 6.19. The highest BCUT2D eigenvalue weighted by atomic mass is 127. The summed E-state index contributed by atoms with van der Waals surface area (Å²) >= 11 is 2.23. The molecule has 0 radical (unpaired) electrons. The van der Waals surface area contributed by atoms with Crippen LogP contribution in [0.4, 0.5) is 17.1 Å². The first-order valence-corrected chi connectivity index (χ1v) is 9.83. The van der Waals surface area contributed by atoms with Gasteiger partial charge in [0.05, 0.1) is 6.54 Å². The molecular formula is C22H20IN3O2. The fraction of sp³-hybridized carbons (Fsp3) is 0.0909. The lowest BCUT2D eigenvalue weighted by Gasteiger charge is -2.17. The van der Waals surface area contributed by atoms with Gasteiger partial charge in [-0.15, -0.1) is 0 Å². The van der Waals surface area contributed by atoms with Crippen LogP contribution in [0.25, 0.3) is 0 Å². The van der Waals surface area contributed by atoms with Crippen molar-refractivity contribution in [2.45, 2.75) is 0 Å². The molecule has 28 heavy (non-hydrogen) atoms. The number of para-hydroxylation sites is 1. The molecule has 142 valence electrons. The summed E-state index contributed by atoms with van der Waals surface area (Å²) in [7, 11) is 1.73. The van der Waals surface area contributed by atoms with E-state index in [1.54, 1.807) is 36.2 Å². The lowest BCUT2D eigenvalue weighted by molar-refractivity contribution is -0.114. The van der Waals surface area contributed by atoms with Gasteiger partial charge in [-0.1, -0.05) is 24.3 Å². The van der Waals surface area contributed by atoms with Crippen LogP contribution < -0.4 is 15.5 Å². The van der Waals surface area contributed by atoms with Crippen molar-refractivity contribution >= 4 is 51.5 Å². The lowest BCUT2D eigenvalue weighted by atomic mass is 10.1. The van der Waals surface area contributed by atoms with Gasteiger partial charge in [-0.05, 0) is 77.2 Å². The predicted octanol–water partition coefficient (Wildman–Crippen LogP) is 4.62. The predicted molar refractivity (Wildman–Crippen MR) is 122 cm³/mol. The number of amides is 2. The summed E-state index contributed by atoms with van der Waals surface area (Å²) in [6.07, 6.45) is 0. The number of benzene rings is 3. The molecule has 0 saturated heterocycles. The monoisotopic (exact) mass is 485 g/mol. The number of halogens is 1. The van der Waals surface area contributed by atoms with Crippen LogP contribution in [0, 0.1) is 3.57 Å². The first kappa shape index (κ1) is 19.9. The van der Waals surface area contributed by atoms with Crippen LogP contribution in [0.2, 0.25) is 0 Å². The molecule has 0 saturated carbocycles. The maximum atomic E-state index is 12.7. The topological polar surface area (TPSA) is 61.4 Å². The van der Waals surface area contributed by atoms with Crippen LogP contribution in [0.5, 0.6) is 0 Å². The highest BCUT2D eigenvalue weighted by molar-refractivity contribution is 14.1. The molecular weight excluding hydrogens is 465 g/mol. The van der Waals surface area contributed by atoms with E-state index < -0.39 is 0 Å². The average molecular weight is 485 g/mol. The summed E-state index contributed by atoms with van der Waals surface area (Å²) in [5, 5.41) is 5.90. The average Bonchev–Trinajstić information content (AvgIpc) is 2.73. The first-order valence-electron chi connectivity index (χ1n) is 8.75. The second kappa shape index (κ2) is 9.36. The Labute approximate surface area is 177 Å². The van der Waals surface area contributed by atoms with Crippen molar-refractivity contribution in [2.24, 2.45) is 0 Å². The van der Waals surface area contributed by atoms with Gasteiger partial charge in [0.2, 0.25) is 5.91 Å². The number of nitrogens with zero attached hydrogens (tertiary/aromatic N) is 1. The van der Waals surface area contributed by atoms with E-state index in [4.69, 9.17) is 0 Å². The van der Waals surface area contributed by atoms with Crippen LogP contribution >= 0.6 is 22.6 Å². The Hall–Kier alpha value is -2.87. The first-order chi connectivity index (χ1) is 13.5. The highest BCUT2D eigenvalue weighted by Crippen LogP contribution is 2.17. The van der Waals surface area contributed by atoms with Crippen molar-refractivity contribution in [3.8, 4) is 0 Å². The maximum Gasteiger partial charge on any atom is 0.258 e. The van der Waals surface area contributed by atoms with Gasteiger partial charge >= 0.3 is 0 Å². The molecule has 3 rings (SSSR count). The Morgan fingerprint density at radius 2 is 1.61 bits per heavy atom. The quantitative estimate of drug-likeness (QED) is 0.501. The Bertz CT molecular complexity index is 959. The standard InChI is InChI=1S/C22H20IN3O2/c1-26(20-8-3-2-4-9-20)22(28)16-6-5-7-19(14-16)25-21(27)15-24-18-12-10-17(23)11-13-18/h2-14,24H,15H2,1H3,(H,25,27). The lowest BCUT2D eigenvalue weighted by Crippen LogP contribution is -2.26. The van der Waals surface area contributed by atoms with E-state index >= 15 is 0 Å². The smallest absolute Gasteiger partial charge is 0.258 e. The van der Waals surface area contributed by atoms with Crippen LogP contribution in [0.3, 0.4) is 0 Å². The highest BCUT2D eigenvalue weighted by Gasteiger charge is 2.14. The van der Waals surface area contributed by atoms with E-state index in [2.05, 4.69) is 33.2 Å². The second-order valence-corrected chi connectivity index (χ2v) is 7.43. The molecule has 0 aromatic heterocycles. The van der Waals surface area contributed by atoms with Gasteiger partial charge in [-0.3, -0.25) is 9.59 Å². The Balaban J connectivity index is 1.61. The fourth-order valence-electron chi connectivity index (χ4n) is 2.65. The van der Waals surface area contributed by atoms with E-state index in [1.807, 2.05) is 54.6 Å². The summed E-state index contributed by atoms with van der Waals surface area (Å²) in [5.41, 5.74) is 2.78. The van der Waals surface area contributed by atoms with Crippen molar-refractivity contribution in [3.63, 3.8) is 0 Å². The van der Waals surface area contributed by atoms with E-state index in [0.717, 1.165) is 14.9 Å². The van der Waals surface area contributed by atoms with Crippen molar-refractivity contribution in [3.05, 3.63) is 88.0 Å². The van der Waals surface area contributed by atoms with Crippen LogP contribution in [0.1, 0.15) is 10.4 Å². The molecule has 0 heterocycles.